The van der Waals surface area contributed by atoms with Crippen molar-refractivity contribution in [1.82, 2.24) is 10.2 Å². The van der Waals surface area contributed by atoms with E-state index in [-0.39, 0.29) is 43.5 Å². The molecule has 0 bridgehead atoms. The number of carbonyl (C=O) groups excluding carboxylic acids is 1. The van der Waals surface area contributed by atoms with Crippen LogP contribution in [0.5, 0.6) is 0 Å². The van der Waals surface area contributed by atoms with E-state index in [9.17, 15) is 14.7 Å². The number of carbonyl (C=O) groups is 2. The topological polar surface area (TPSA) is 108 Å². The van der Waals surface area contributed by atoms with Crippen molar-refractivity contribution in [2.75, 3.05) is 13.1 Å². The Kier molecular flexibility index (Phi) is 12.4. The van der Waals surface area contributed by atoms with E-state index in [0.29, 0.717) is 19.0 Å². The summed E-state index contributed by atoms with van der Waals surface area (Å²) in [4.78, 5) is 25.4. The SMILES string of the molecule is C=CCN(C[C@@H]1O[C@H](c2ccc(-c3cccc(CNC(=O)CCCC(=O)O)c3)cc2)O[C@H](c2ccc(CO)cc2)[C@@H]1C)C1CCCC1. The molecule has 2 aliphatic rings. The van der Waals surface area contributed by atoms with Crippen molar-refractivity contribution < 1.29 is 29.3 Å². The average molecular weight is 641 g/mol. The van der Waals surface area contributed by atoms with Crippen LogP contribution in [0.25, 0.3) is 11.1 Å². The lowest BCUT2D eigenvalue weighted by molar-refractivity contribution is -0.276. The lowest BCUT2D eigenvalue weighted by atomic mass is 9.89. The fourth-order valence-corrected chi connectivity index (χ4v) is 6.75. The molecule has 2 fully saturated rings. The molecule has 0 aromatic heterocycles. The van der Waals surface area contributed by atoms with Crippen LogP contribution in [-0.2, 0) is 32.2 Å². The van der Waals surface area contributed by atoms with Crippen LogP contribution in [0.2, 0.25) is 0 Å². The highest BCUT2D eigenvalue weighted by Crippen LogP contribution is 2.42. The minimum Gasteiger partial charge on any atom is -0.481 e. The predicted molar refractivity (Wildman–Crippen MR) is 182 cm³/mol. The van der Waals surface area contributed by atoms with Gasteiger partial charge >= 0.3 is 5.97 Å². The molecule has 250 valence electrons. The van der Waals surface area contributed by atoms with E-state index in [1.165, 1.54) is 25.7 Å². The molecule has 0 unspecified atom stereocenters. The number of carboxylic acid groups (broad SMARTS) is 1. The molecule has 3 N–H and O–H groups in total. The quantitative estimate of drug-likeness (QED) is 0.155. The van der Waals surface area contributed by atoms with Crippen molar-refractivity contribution in [2.45, 2.75) is 89.6 Å². The van der Waals surface area contributed by atoms with E-state index in [4.69, 9.17) is 14.6 Å². The van der Waals surface area contributed by atoms with Gasteiger partial charge in [0.05, 0.1) is 18.8 Å². The van der Waals surface area contributed by atoms with Crippen LogP contribution < -0.4 is 5.32 Å². The third-order valence-electron chi connectivity index (χ3n) is 9.47. The molecule has 1 saturated carbocycles. The Labute approximate surface area is 278 Å². The minimum atomic E-state index is -0.893. The van der Waals surface area contributed by atoms with Crippen LogP contribution >= 0.6 is 0 Å². The number of hydrogen-bond acceptors (Lipinski definition) is 6. The van der Waals surface area contributed by atoms with Crippen molar-refractivity contribution in [3.8, 4) is 11.1 Å². The van der Waals surface area contributed by atoms with Crippen molar-refractivity contribution >= 4 is 11.9 Å². The van der Waals surface area contributed by atoms with Gasteiger partial charge in [-0.2, -0.15) is 0 Å². The summed E-state index contributed by atoms with van der Waals surface area (Å²) in [5, 5.41) is 21.3. The summed E-state index contributed by atoms with van der Waals surface area (Å²) in [5.41, 5.74) is 5.94. The van der Waals surface area contributed by atoms with Crippen molar-refractivity contribution in [3.05, 3.63) is 108 Å². The van der Waals surface area contributed by atoms with E-state index in [2.05, 4.69) is 66.2 Å². The highest BCUT2D eigenvalue weighted by Gasteiger charge is 2.40. The minimum absolute atomic E-state index is 0.00606. The van der Waals surface area contributed by atoms with Gasteiger partial charge in [-0.15, -0.1) is 6.58 Å². The van der Waals surface area contributed by atoms with E-state index >= 15 is 0 Å². The van der Waals surface area contributed by atoms with Gasteiger partial charge in [0.15, 0.2) is 6.29 Å². The smallest absolute Gasteiger partial charge is 0.303 e. The molecular weight excluding hydrogens is 592 g/mol. The van der Waals surface area contributed by atoms with Crippen LogP contribution in [0.4, 0.5) is 0 Å². The second-order valence-electron chi connectivity index (χ2n) is 12.8. The molecule has 3 aromatic carbocycles. The predicted octanol–water partition coefficient (Wildman–Crippen LogP) is 6.94. The number of nitrogens with zero attached hydrogens (tertiary/aromatic N) is 1. The molecule has 47 heavy (non-hydrogen) atoms. The molecular formula is C39H48N2O6. The maximum absolute atomic E-state index is 12.1. The largest absolute Gasteiger partial charge is 0.481 e. The molecule has 8 nitrogen and oxygen atoms in total. The van der Waals surface area contributed by atoms with Crippen LogP contribution in [0.1, 0.15) is 86.5 Å². The number of carboxylic acids is 1. The number of hydrogen-bond donors (Lipinski definition) is 3. The van der Waals surface area contributed by atoms with Crippen molar-refractivity contribution in [2.24, 2.45) is 5.92 Å². The lowest BCUT2D eigenvalue weighted by Crippen LogP contribution is -2.47. The molecule has 1 aliphatic carbocycles. The molecule has 4 atom stereocenters. The normalized spacial score (nSPS) is 21.5. The second kappa shape index (κ2) is 16.8. The monoisotopic (exact) mass is 640 g/mol. The maximum Gasteiger partial charge on any atom is 0.303 e. The van der Waals surface area contributed by atoms with Gasteiger partial charge in [0.1, 0.15) is 0 Å². The molecule has 1 heterocycles. The van der Waals surface area contributed by atoms with Gasteiger partial charge in [-0.25, -0.2) is 0 Å². The molecule has 8 heteroatoms. The first-order chi connectivity index (χ1) is 22.8. The Morgan fingerprint density at radius 1 is 0.936 bits per heavy atom. The first-order valence-electron chi connectivity index (χ1n) is 16.9. The van der Waals surface area contributed by atoms with Crippen LogP contribution in [0.15, 0.2) is 85.5 Å². The van der Waals surface area contributed by atoms with Crippen LogP contribution in [0, 0.1) is 5.92 Å². The molecule has 5 rings (SSSR count). The number of aliphatic hydroxyl groups excluding tert-OH is 1. The zero-order valence-corrected chi connectivity index (χ0v) is 27.4. The number of benzene rings is 3. The van der Waals surface area contributed by atoms with E-state index in [0.717, 1.165) is 46.5 Å². The fourth-order valence-electron chi connectivity index (χ4n) is 6.75. The Morgan fingerprint density at radius 3 is 2.34 bits per heavy atom. The number of ether oxygens (including phenoxy) is 2. The van der Waals surface area contributed by atoms with Crippen LogP contribution in [-0.4, -0.2) is 52.2 Å². The zero-order valence-electron chi connectivity index (χ0n) is 27.4. The first kappa shape index (κ1) is 34.5. The summed E-state index contributed by atoms with van der Waals surface area (Å²) in [5.74, 6) is -0.936. The summed E-state index contributed by atoms with van der Waals surface area (Å²) in [7, 11) is 0. The maximum atomic E-state index is 12.1. The van der Waals surface area contributed by atoms with Gasteiger partial charge in [-0.3, -0.25) is 14.5 Å². The Morgan fingerprint density at radius 2 is 1.66 bits per heavy atom. The van der Waals surface area contributed by atoms with Crippen LogP contribution in [0.3, 0.4) is 0 Å². The third-order valence-corrected chi connectivity index (χ3v) is 9.47. The summed E-state index contributed by atoms with van der Waals surface area (Å²) in [6.07, 6.45) is 6.70. The van der Waals surface area contributed by atoms with Crippen molar-refractivity contribution in [3.63, 3.8) is 0 Å². The molecule has 3 aromatic rings. The number of nitrogens with one attached hydrogen (secondary N) is 1. The molecule has 1 amide bonds. The summed E-state index contributed by atoms with van der Waals surface area (Å²) in [6, 6.07) is 24.9. The fraction of sp³-hybridized carbons (Fsp3) is 0.436. The Balaban J connectivity index is 1.31. The van der Waals surface area contributed by atoms with E-state index < -0.39 is 12.3 Å². The second-order valence-corrected chi connectivity index (χ2v) is 12.8. The molecule has 0 spiro atoms. The van der Waals surface area contributed by atoms with Gasteiger partial charge < -0.3 is 25.0 Å². The van der Waals surface area contributed by atoms with Gasteiger partial charge in [0, 0.05) is 50.0 Å². The average Bonchev–Trinajstić information content (AvgIpc) is 3.63. The molecule has 1 aliphatic heterocycles. The third kappa shape index (κ3) is 9.39. The highest BCUT2D eigenvalue weighted by molar-refractivity contribution is 5.76. The standard InChI is InChI=1S/C39H48N2O6/c1-3-22-41(34-10-4-5-11-34)25-35-27(2)38(31-16-14-28(26-42)15-17-31)47-39(46-35)32-20-18-30(19-21-32)33-9-6-8-29(23-33)24-40-36(43)12-7-13-37(44)45/h3,6,8-9,14-21,23,27,34-35,38-39,42H,1,4-5,7,10-13,22,24-26H2,2H3,(H,40,43)(H,44,45)/t27-,35+,38+,39+/m1/s1. The van der Waals surface area contributed by atoms with Gasteiger partial charge in [-0.05, 0) is 53.1 Å². The van der Waals surface area contributed by atoms with Crippen molar-refractivity contribution in [1.29, 1.82) is 0 Å². The van der Waals surface area contributed by atoms with Gasteiger partial charge in [0.25, 0.3) is 0 Å². The molecule has 0 radical (unpaired) electrons. The number of aliphatic carboxylic acids is 1. The Bertz CT molecular complexity index is 1470. The van der Waals surface area contributed by atoms with Gasteiger partial charge in [0.2, 0.25) is 5.91 Å². The first-order valence-corrected chi connectivity index (χ1v) is 16.9. The summed E-state index contributed by atoms with van der Waals surface area (Å²) >= 11 is 0. The lowest BCUT2D eigenvalue weighted by Gasteiger charge is -2.43. The Hall–Kier alpha value is -3.82. The number of amides is 1. The molecule has 1 saturated heterocycles. The van der Waals surface area contributed by atoms with Gasteiger partial charge in [-0.1, -0.05) is 92.6 Å². The zero-order chi connectivity index (χ0) is 33.2. The summed E-state index contributed by atoms with van der Waals surface area (Å²) in [6.45, 7) is 8.27. The summed E-state index contributed by atoms with van der Waals surface area (Å²) < 4.78 is 13.5. The van der Waals surface area contributed by atoms with E-state index in [1.807, 2.05) is 36.4 Å². The van der Waals surface area contributed by atoms with E-state index in [1.54, 1.807) is 0 Å². The number of aliphatic hydroxyl groups is 1. The number of rotatable bonds is 15. The highest BCUT2D eigenvalue weighted by atomic mass is 16.7.